The van der Waals surface area contributed by atoms with E-state index in [1.165, 1.54) is 0 Å². The molecule has 0 amide bonds. The molecular formula is C20H20N2O3. The molecule has 25 heavy (non-hydrogen) atoms. The van der Waals surface area contributed by atoms with Gasteiger partial charge >= 0.3 is 0 Å². The molecule has 5 heteroatoms. The summed E-state index contributed by atoms with van der Waals surface area (Å²) >= 11 is 0. The average molecular weight is 336 g/mol. The lowest BCUT2D eigenvalue weighted by Crippen LogP contribution is -2.13. The fraction of sp³-hybridized carbons (Fsp3) is 0.150. The summed E-state index contributed by atoms with van der Waals surface area (Å²) in [5, 5.41) is 7.04. The summed E-state index contributed by atoms with van der Waals surface area (Å²) in [7, 11) is 0. The van der Waals surface area contributed by atoms with Crippen molar-refractivity contribution in [2.45, 2.75) is 12.5 Å². The van der Waals surface area contributed by atoms with Crippen LogP contribution >= 0.6 is 0 Å². The van der Waals surface area contributed by atoms with Gasteiger partial charge in [0, 0.05) is 18.3 Å². The third kappa shape index (κ3) is 4.20. The fourth-order valence-electron chi connectivity index (χ4n) is 2.46. The maximum atomic E-state index is 7.04. The number of nitrogens with one attached hydrogen (secondary N) is 1. The maximum Gasteiger partial charge on any atom is 0.158 e. The van der Waals surface area contributed by atoms with Crippen molar-refractivity contribution in [3.05, 3.63) is 72.5 Å². The van der Waals surface area contributed by atoms with Crippen molar-refractivity contribution in [1.82, 2.24) is 0 Å². The van der Waals surface area contributed by atoms with Crippen LogP contribution in [0.15, 0.2) is 66.9 Å². The Morgan fingerprint density at radius 1 is 1.08 bits per heavy atom. The summed E-state index contributed by atoms with van der Waals surface area (Å²) in [5.41, 5.74) is 7.23. The summed E-state index contributed by atoms with van der Waals surface area (Å²) in [6.45, 7) is 4.49. The van der Waals surface area contributed by atoms with E-state index >= 15 is 0 Å². The van der Waals surface area contributed by atoms with Gasteiger partial charge in [-0.1, -0.05) is 6.58 Å². The zero-order valence-corrected chi connectivity index (χ0v) is 13.8. The molecule has 2 aromatic rings. The molecule has 0 unspecified atom stereocenters. The first kappa shape index (κ1) is 16.6. The highest BCUT2D eigenvalue weighted by molar-refractivity contribution is 5.81. The van der Waals surface area contributed by atoms with Crippen LogP contribution in [0.25, 0.3) is 5.70 Å². The molecule has 1 saturated heterocycles. The number of hydrogen-bond donors (Lipinski definition) is 2. The Morgan fingerprint density at radius 2 is 1.68 bits per heavy atom. The van der Waals surface area contributed by atoms with E-state index in [9.17, 15) is 0 Å². The molecule has 3 N–H and O–H groups in total. The molecule has 1 heterocycles. The van der Waals surface area contributed by atoms with Gasteiger partial charge in [0.05, 0.1) is 6.61 Å². The summed E-state index contributed by atoms with van der Waals surface area (Å²) in [4.78, 5) is 0. The minimum atomic E-state index is -0.0845. The van der Waals surface area contributed by atoms with Gasteiger partial charge in [0.25, 0.3) is 0 Å². The van der Waals surface area contributed by atoms with Crippen molar-refractivity contribution in [1.29, 1.82) is 5.41 Å². The molecule has 0 radical (unpaired) electrons. The molecule has 1 aliphatic heterocycles. The molecule has 2 aromatic carbocycles. The number of rotatable bonds is 6. The standard InChI is InChI=1S/C20H20N2O3/c1-14-20(11-13-23-14)25-18-8-6-17(7-9-18)24-16-4-2-15(3-5-16)19(22)10-12-21/h2-10,12,20-21H,1,11,13,22H2/b19-10-,21-12?/t20-/m1/s1. The van der Waals surface area contributed by atoms with Crippen molar-refractivity contribution in [3.63, 3.8) is 0 Å². The molecule has 0 spiro atoms. The molecule has 0 bridgehead atoms. The van der Waals surface area contributed by atoms with Gasteiger partial charge in [-0.15, -0.1) is 0 Å². The monoisotopic (exact) mass is 336 g/mol. The lowest BCUT2D eigenvalue weighted by Gasteiger charge is -2.13. The second-order valence-corrected chi connectivity index (χ2v) is 5.60. The van der Waals surface area contributed by atoms with E-state index in [0.29, 0.717) is 29.6 Å². The highest BCUT2D eigenvalue weighted by atomic mass is 16.5. The summed E-state index contributed by atoms with van der Waals surface area (Å²) in [6, 6.07) is 14.8. The first-order valence-electron chi connectivity index (χ1n) is 7.98. The van der Waals surface area contributed by atoms with E-state index in [1.54, 1.807) is 6.08 Å². The second-order valence-electron chi connectivity index (χ2n) is 5.60. The first-order chi connectivity index (χ1) is 12.2. The third-order valence-electron chi connectivity index (χ3n) is 3.81. The van der Waals surface area contributed by atoms with Crippen LogP contribution in [-0.2, 0) is 4.74 Å². The number of benzene rings is 2. The van der Waals surface area contributed by atoms with Gasteiger partial charge < -0.3 is 25.4 Å². The van der Waals surface area contributed by atoms with Gasteiger partial charge in [0.1, 0.15) is 23.0 Å². The molecule has 128 valence electrons. The molecule has 0 aliphatic carbocycles. The summed E-state index contributed by atoms with van der Waals surface area (Å²) in [6.07, 6.45) is 3.44. The van der Waals surface area contributed by atoms with Crippen LogP contribution in [0.1, 0.15) is 12.0 Å². The van der Waals surface area contributed by atoms with E-state index in [4.69, 9.17) is 25.4 Å². The van der Waals surface area contributed by atoms with E-state index in [2.05, 4.69) is 6.58 Å². The van der Waals surface area contributed by atoms with Gasteiger partial charge in [-0.25, -0.2) is 0 Å². The summed E-state index contributed by atoms with van der Waals surface area (Å²) in [5.74, 6) is 2.85. The van der Waals surface area contributed by atoms with E-state index in [1.807, 2.05) is 48.5 Å². The summed E-state index contributed by atoms with van der Waals surface area (Å²) < 4.78 is 17.0. The molecular weight excluding hydrogens is 316 g/mol. The first-order valence-corrected chi connectivity index (χ1v) is 7.98. The minimum Gasteiger partial charge on any atom is -0.494 e. The van der Waals surface area contributed by atoms with E-state index in [0.717, 1.165) is 23.9 Å². The molecule has 1 aliphatic rings. The minimum absolute atomic E-state index is 0.0845. The van der Waals surface area contributed by atoms with Crippen LogP contribution in [0.5, 0.6) is 17.2 Å². The molecule has 1 fully saturated rings. The van der Waals surface area contributed by atoms with E-state index < -0.39 is 0 Å². The Bertz CT molecular complexity index is 780. The lowest BCUT2D eigenvalue weighted by atomic mass is 10.1. The Balaban J connectivity index is 1.62. The van der Waals surface area contributed by atoms with Crippen molar-refractivity contribution in [3.8, 4) is 17.2 Å². The highest BCUT2D eigenvalue weighted by Gasteiger charge is 2.22. The van der Waals surface area contributed by atoms with Crippen molar-refractivity contribution in [2.24, 2.45) is 5.73 Å². The Hall–Kier alpha value is -3.21. The van der Waals surface area contributed by atoms with Crippen molar-refractivity contribution >= 4 is 11.9 Å². The molecule has 0 aromatic heterocycles. The molecule has 3 rings (SSSR count). The van der Waals surface area contributed by atoms with Crippen LogP contribution in [0, 0.1) is 5.41 Å². The number of allylic oxidation sites excluding steroid dienone is 1. The Morgan fingerprint density at radius 3 is 2.24 bits per heavy atom. The van der Waals surface area contributed by atoms with Gasteiger partial charge in [-0.2, -0.15) is 0 Å². The Kier molecular flexibility index (Phi) is 5.04. The highest BCUT2D eigenvalue weighted by Crippen LogP contribution is 2.27. The maximum absolute atomic E-state index is 7.04. The van der Waals surface area contributed by atoms with E-state index in [-0.39, 0.29) is 6.10 Å². The zero-order valence-electron chi connectivity index (χ0n) is 13.8. The average Bonchev–Trinajstić information content (AvgIpc) is 3.02. The number of nitrogens with two attached hydrogens (primary N) is 1. The van der Waals surface area contributed by atoms with Crippen molar-refractivity contribution in [2.75, 3.05) is 6.61 Å². The van der Waals surface area contributed by atoms with Gasteiger partial charge in [0.2, 0.25) is 0 Å². The third-order valence-corrected chi connectivity index (χ3v) is 3.81. The molecule has 0 saturated carbocycles. The van der Waals surface area contributed by atoms with Gasteiger partial charge in [-0.3, -0.25) is 0 Å². The molecule has 1 atom stereocenters. The topological polar surface area (TPSA) is 77.6 Å². The van der Waals surface area contributed by atoms with Crippen LogP contribution in [-0.4, -0.2) is 18.9 Å². The van der Waals surface area contributed by atoms with Crippen LogP contribution < -0.4 is 15.2 Å². The van der Waals surface area contributed by atoms with Crippen molar-refractivity contribution < 1.29 is 14.2 Å². The number of ether oxygens (including phenoxy) is 3. The SMILES string of the molecule is C=C1OCC[C@H]1Oc1ccc(Oc2ccc(/C(N)=C/C=N)cc2)cc1. The van der Waals surface area contributed by atoms with Gasteiger partial charge in [0.15, 0.2) is 6.10 Å². The smallest absolute Gasteiger partial charge is 0.158 e. The lowest BCUT2D eigenvalue weighted by molar-refractivity contribution is 0.212. The molecule has 5 nitrogen and oxygen atoms in total. The predicted molar refractivity (Wildman–Crippen MR) is 98.0 cm³/mol. The largest absolute Gasteiger partial charge is 0.494 e. The quantitative estimate of drug-likeness (QED) is 0.778. The zero-order chi connectivity index (χ0) is 17.6. The van der Waals surface area contributed by atoms with Crippen LogP contribution in [0.4, 0.5) is 0 Å². The number of hydrogen-bond acceptors (Lipinski definition) is 5. The van der Waals surface area contributed by atoms with Gasteiger partial charge in [-0.05, 0) is 60.2 Å². The van der Waals surface area contributed by atoms with Crippen LogP contribution in [0.3, 0.4) is 0 Å². The van der Waals surface area contributed by atoms with Crippen LogP contribution in [0.2, 0.25) is 0 Å². The Labute approximate surface area is 146 Å². The fourth-order valence-corrected chi connectivity index (χ4v) is 2.46. The normalized spacial score (nSPS) is 17.0. The second kappa shape index (κ2) is 7.57. The predicted octanol–water partition coefficient (Wildman–Crippen LogP) is 4.11.